The van der Waals surface area contributed by atoms with E-state index in [0.717, 1.165) is 37.3 Å². The van der Waals surface area contributed by atoms with Gasteiger partial charge in [-0.2, -0.15) is 0 Å². The van der Waals surface area contributed by atoms with Gasteiger partial charge in [0.1, 0.15) is 0 Å². The van der Waals surface area contributed by atoms with Crippen LogP contribution in [-0.4, -0.2) is 24.2 Å². The highest BCUT2D eigenvalue weighted by atomic mass is 16.4. The minimum absolute atomic E-state index is 0.191. The maximum atomic E-state index is 11.0. The molecule has 0 spiro atoms. The lowest BCUT2D eigenvalue weighted by atomic mass is 9.97. The average Bonchev–Trinajstić information content (AvgIpc) is 3.48. The number of aryl methyl sites for hydroxylation is 1. The van der Waals surface area contributed by atoms with Crippen molar-refractivity contribution < 1.29 is 9.90 Å². The number of nitrogens with zero attached hydrogens (tertiary/aromatic N) is 1. The molecule has 1 aliphatic carbocycles. The lowest BCUT2D eigenvalue weighted by Gasteiger charge is -2.33. The van der Waals surface area contributed by atoms with Crippen LogP contribution in [0.3, 0.4) is 0 Å². The Bertz CT molecular complexity index is 816. The van der Waals surface area contributed by atoms with Crippen LogP contribution >= 0.6 is 0 Å². The number of nitrogens with one attached hydrogen (secondary N) is 1. The molecule has 2 N–H and O–H groups in total. The molecular formula is C23H28N2O2. The lowest BCUT2D eigenvalue weighted by molar-refractivity contribution is -0.138. The Labute approximate surface area is 161 Å². The van der Waals surface area contributed by atoms with Crippen LogP contribution in [0.4, 0.5) is 11.4 Å². The van der Waals surface area contributed by atoms with Crippen LogP contribution in [0, 0.1) is 5.92 Å². The van der Waals surface area contributed by atoms with Crippen molar-refractivity contribution in [1.82, 2.24) is 0 Å². The molecule has 0 aromatic heterocycles. The summed E-state index contributed by atoms with van der Waals surface area (Å²) in [7, 11) is 0. The second-order valence-corrected chi connectivity index (χ2v) is 7.78. The zero-order chi connectivity index (χ0) is 18.8. The van der Waals surface area contributed by atoms with Gasteiger partial charge in [0.15, 0.2) is 0 Å². The van der Waals surface area contributed by atoms with Crippen LogP contribution in [0.1, 0.15) is 48.8 Å². The van der Waals surface area contributed by atoms with Gasteiger partial charge in [0.25, 0.3) is 0 Å². The molecule has 0 bridgehead atoms. The molecule has 4 rings (SSSR count). The van der Waals surface area contributed by atoms with E-state index in [1.807, 2.05) is 0 Å². The Balaban J connectivity index is 1.44. The van der Waals surface area contributed by atoms with Crippen molar-refractivity contribution in [2.24, 2.45) is 5.92 Å². The van der Waals surface area contributed by atoms with Crippen molar-refractivity contribution >= 4 is 17.3 Å². The predicted octanol–water partition coefficient (Wildman–Crippen LogP) is 4.65. The number of carbonyl (C=O) groups is 1. The van der Waals surface area contributed by atoms with E-state index >= 15 is 0 Å². The first-order chi connectivity index (χ1) is 13.2. The van der Waals surface area contributed by atoms with Crippen LogP contribution in [0.25, 0.3) is 0 Å². The van der Waals surface area contributed by atoms with Gasteiger partial charge < -0.3 is 15.3 Å². The van der Waals surface area contributed by atoms with Crippen LogP contribution < -0.4 is 10.2 Å². The highest BCUT2D eigenvalue weighted by molar-refractivity contribution is 5.75. The number of rotatable bonds is 7. The molecule has 2 atom stereocenters. The fourth-order valence-electron chi connectivity index (χ4n) is 4.34. The molecule has 1 fully saturated rings. The summed E-state index contributed by atoms with van der Waals surface area (Å²) >= 11 is 0. The van der Waals surface area contributed by atoms with E-state index in [0.29, 0.717) is 0 Å². The van der Waals surface area contributed by atoms with E-state index in [1.54, 1.807) is 0 Å². The molecule has 1 heterocycles. The first kappa shape index (κ1) is 17.9. The second kappa shape index (κ2) is 7.63. The number of fused-ring (bicyclic) bond motifs is 1. The molecule has 0 amide bonds. The van der Waals surface area contributed by atoms with Crippen LogP contribution in [0.2, 0.25) is 0 Å². The van der Waals surface area contributed by atoms with Gasteiger partial charge in [-0.05, 0) is 60.4 Å². The first-order valence-corrected chi connectivity index (χ1v) is 10.1. The minimum Gasteiger partial charge on any atom is -0.481 e. The van der Waals surface area contributed by atoms with Gasteiger partial charge in [-0.25, -0.2) is 0 Å². The summed E-state index contributed by atoms with van der Waals surface area (Å²) in [6.45, 7) is 5.32. The summed E-state index contributed by atoms with van der Waals surface area (Å²) < 4.78 is 0. The predicted molar refractivity (Wildman–Crippen MR) is 110 cm³/mol. The van der Waals surface area contributed by atoms with Crippen molar-refractivity contribution in [3.63, 3.8) is 0 Å². The highest BCUT2D eigenvalue weighted by Gasteiger charge is 2.43. The highest BCUT2D eigenvalue weighted by Crippen LogP contribution is 2.47. The summed E-state index contributed by atoms with van der Waals surface area (Å²) in [4.78, 5) is 13.6. The van der Waals surface area contributed by atoms with E-state index in [9.17, 15) is 4.79 Å². The number of hydrogen-bond donors (Lipinski definition) is 2. The molecule has 27 heavy (non-hydrogen) atoms. The Hall–Kier alpha value is -2.49. The van der Waals surface area contributed by atoms with Gasteiger partial charge in [-0.15, -0.1) is 0 Å². The Kier molecular flexibility index (Phi) is 5.06. The molecule has 4 nitrogen and oxygen atoms in total. The Morgan fingerprint density at radius 3 is 2.74 bits per heavy atom. The second-order valence-electron chi connectivity index (χ2n) is 7.78. The van der Waals surface area contributed by atoms with Gasteiger partial charge in [0.2, 0.25) is 0 Å². The zero-order valence-corrected chi connectivity index (χ0v) is 15.9. The number of aliphatic carboxylic acids is 1. The Morgan fingerprint density at radius 1 is 1.22 bits per heavy atom. The maximum Gasteiger partial charge on any atom is 0.307 e. The monoisotopic (exact) mass is 364 g/mol. The summed E-state index contributed by atoms with van der Waals surface area (Å²) in [6, 6.07) is 15.0. The summed E-state index contributed by atoms with van der Waals surface area (Å²) in [5, 5.41) is 12.6. The van der Waals surface area contributed by atoms with Crippen molar-refractivity contribution in [3.05, 3.63) is 59.2 Å². The van der Waals surface area contributed by atoms with Gasteiger partial charge in [-0.1, -0.05) is 37.3 Å². The van der Waals surface area contributed by atoms with Gasteiger partial charge in [0.05, 0.1) is 5.92 Å². The number of carboxylic acid groups (broad SMARTS) is 1. The third kappa shape index (κ3) is 3.80. The van der Waals surface area contributed by atoms with Crippen molar-refractivity contribution in [2.45, 2.75) is 45.1 Å². The lowest BCUT2D eigenvalue weighted by Crippen LogP contribution is -2.31. The van der Waals surface area contributed by atoms with Crippen molar-refractivity contribution in [2.75, 3.05) is 23.3 Å². The molecule has 1 saturated carbocycles. The number of para-hydroxylation sites is 1. The maximum absolute atomic E-state index is 11.0. The Morgan fingerprint density at radius 2 is 2.04 bits per heavy atom. The fourth-order valence-corrected chi connectivity index (χ4v) is 4.34. The van der Waals surface area contributed by atoms with E-state index < -0.39 is 5.97 Å². The third-order valence-corrected chi connectivity index (χ3v) is 5.82. The van der Waals surface area contributed by atoms with Gasteiger partial charge >= 0.3 is 5.97 Å². The molecule has 1 aliphatic heterocycles. The molecule has 1 unspecified atom stereocenters. The molecule has 0 radical (unpaired) electrons. The largest absolute Gasteiger partial charge is 0.481 e. The van der Waals surface area contributed by atoms with Gasteiger partial charge in [-0.3, -0.25) is 4.79 Å². The van der Waals surface area contributed by atoms with Gasteiger partial charge in [0, 0.05) is 31.0 Å². The van der Waals surface area contributed by atoms with Crippen LogP contribution in [0.15, 0.2) is 42.5 Å². The standard InChI is InChI=1S/C23H28N2O2/c1-2-12-25-13-4-7-17-5-3-6-18(22(17)25)15-24-19-10-8-16(9-11-19)20-14-21(20)23(26)27/h3,5-6,8-11,20-21,24H,2,4,7,12-15H2,1H3,(H,26,27)/t20-,21?/m0/s1. The molecule has 142 valence electrons. The topological polar surface area (TPSA) is 52.6 Å². The number of hydrogen-bond acceptors (Lipinski definition) is 3. The SMILES string of the molecule is CCCN1CCCc2cccc(CNc3ccc([C@@H]4CC4C(=O)O)cc3)c21. The average molecular weight is 364 g/mol. The summed E-state index contributed by atoms with van der Waals surface area (Å²) in [5.74, 6) is -0.669. The zero-order valence-electron chi connectivity index (χ0n) is 15.9. The van der Waals surface area contributed by atoms with E-state index in [4.69, 9.17) is 5.11 Å². The van der Waals surface area contributed by atoms with E-state index in [2.05, 4.69) is 59.6 Å². The molecule has 2 aromatic carbocycles. The number of benzene rings is 2. The summed E-state index contributed by atoms with van der Waals surface area (Å²) in [6.07, 6.45) is 4.35. The summed E-state index contributed by atoms with van der Waals surface area (Å²) in [5.41, 5.74) is 6.48. The fraction of sp³-hybridized carbons (Fsp3) is 0.435. The molecule has 2 aliphatic rings. The molecule has 2 aromatic rings. The molecular weight excluding hydrogens is 336 g/mol. The van der Waals surface area contributed by atoms with Crippen LogP contribution in [-0.2, 0) is 17.8 Å². The third-order valence-electron chi connectivity index (χ3n) is 5.82. The van der Waals surface area contributed by atoms with E-state index in [-0.39, 0.29) is 11.8 Å². The van der Waals surface area contributed by atoms with Crippen LogP contribution in [0.5, 0.6) is 0 Å². The molecule has 4 heteroatoms. The quantitative estimate of drug-likeness (QED) is 0.751. The normalized spacial score (nSPS) is 20.9. The van der Waals surface area contributed by atoms with Crippen molar-refractivity contribution in [3.8, 4) is 0 Å². The van der Waals surface area contributed by atoms with Crippen molar-refractivity contribution in [1.29, 1.82) is 0 Å². The minimum atomic E-state index is -0.673. The number of carboxylic acids is 1. The van der Waals surface area contributed by atoms with E-state index in [1.165, 1.54) is 36.1 Å². The number of anilines is 2. The molecule has 0 saturated heterocycles. The first-order valence-electron chi connectivity index (χ1n) is 10.1. The smallest absolute Gasteiger partial charge is 0.307 e.